The highest BCUT2D eigenvalue weighted by Gasteiger charge is 2.19. The van der Waals surface area contributed by atoms with E-state index in [4.69, 9.17) is 6.58 Å². The van der Waals surface area contributed by atoms with Gasteiger partial charge in [-0.25, -0.2) is 11.2 Å². The number of hydrogen-bond donors (Lipinski definition) is 0. The minimum absolute atomic E-state index is 0.947. The summed E-state index contributed by atoms with van der Waals surface area (Å²) in [6.45, 7) is 8.39. The standard InChI is InChI=1S/C13H15N/c1-10-8-11-4-2-6-14-7-3-5-12(9-10)13(11)14/h1,8-9H,2-7H2. The molecule has 0 saturated heterocycles. The van der Waals surface area contributed by atoms with E-state index in [9.17, 15) is 0 Å². The molecule has 0 radical (unpaired) electrons. The summed E-state index contributed by atoms with van der Waals surface area (Å²) in [5.74, 6) is 0. The fourth-order valence-electron chi connectivity index (χ4n) is 2.83. The van der Waals surface area contributed by atoms with Gasteiger partial charge < -0.3 is 0 Å². The molecule has 0 aliphatic carbocycles. The van der Waals surface area contributed by atoms with Crippen LogP contribution >= 0.6 is 0 Å². The molecule has 2 aliphatic heterocycles. The van der Waals surface area contributed by atoms with Crippen LogP contribution in [0.2, 0.25) is 0 Å². The lowest BCUT2D eigenvalue weighted by Gasteiger charge is -2.20. The normalized spacial score (nSPS) is 19.3. The first-order valence-electron chi connectivity index (χ1n) is 5.51. The molecule has 0 fully saturated rings. The Morgan fingerprint density at radius 1 is 1.00 bits per heavy atom. The van der Waals surface area contributed by atoms with Crippen molar-refractivity contribution in [2.24, 2.45) is 0 Å². The van der Waals surface area contributed by atoms with Crippen molar-refractivity contribution in [3.8, 4) is 0 Å². The van der Waals surface area contributed by atoms with Crippen LogP contribution < -0.4 is 15.2 Å². The Kier molecular flexibility index (Phi) is 1.73. The summed E-state index contributed by atoms with van der Waals surface area (Å²) in [6.07, 6.45) is 5.00. The van der Waals surface area contributed by atoms with Gasteiger partial charge in [-0.2, -0.15) is 17.4 Å². The van der Waals surface area contributed by atoms with Gasteiger partial charge in [0.15, 0.2) is 5.36 Å². The van der Waals surface area contributed by atoms with Crippen molar-refractivity contribution in [1.29, 1.82) is 0 Å². The fourth-order valence-corrected chi connectivity index (χ4v) is 2.83. The van der Waals surface area contributed by atoms with Gasteiger partial charge in [-0.1, -0.05) is 0 Å². The molecule has 0 N–H and O–H groups in total. The predicted molar refractivity (Wildman–Crippen MR) is 57.8 cm³/mol. The molecule has 0 bridgehead atoms. The first-order chi connectivity index (χ1) is 6.84. The summed E-state index contributed by atoms with van der Waals surface area (Å²) in [5, 5.41) is 2.46. The van der Waals surface area contributed by atoms with Crippen LogP contribution in [0.15, 0.2) is 12.1 Å². The van der Waals surface area contributed by atoms with Crippen molar-refractivity contribution in [2.75, 3.05) is 13.1 Å². The number of benzene rings is 1. The Labute approximate surface area is 84.4 Å². The van der Waals surface area contributed by atoms with Crippen molar-refractivity contribution in [1.82, 2.24) is 4.58 Å². The van der Waals surface area contributed by atoms with Crippen LogP contribution in [-0.2, 0) is 12.8 Å². The largest absolute Gasteiger partial charge is 0.231 e. The second-order valence-corrected chi connectivity index (χ2v) is 4.38. The maximum atomic E-state index is 5.91. The van der Waals surface area contributed by atoms with Gasteiger partial charge in [0.1, 0.15) is 13.1 Å². The zero-order valence-electron chi connectivity index (χ0n) is 8.42. The lowest BCUT2D eigenvalue weighted by molar-refractivity contribution is 0.480. The first kappa shape index (κ1) is 8.22. The predicted octanol–water partition coefficient (Wildman–Crippen LogP) is 0.357. The maximum Gasteiger partial charge on any atom is 0.181 e. The van der Waals surface area contributed by atoms with E-state index < -0.39 is 0 Å². The van der Waals surface area contributed by atoms with E-state index in [1.54, 1.807) is 0 Å². The van der Waals surface area contributed by atoms with Crippen molar-refractivity contribution in [3.63, 3.8) is 0 Å². The van der Waals surface area contributed by atoms with Gasteiger partial charge in [0.25, 0.3) is 0 Å². The quantitative estimate of drug-likeness (QED) is 0.405. The first-order valence-corrected chi connectivity index (χ1v) is 5.51. The third-order valence-electron chi connectivity index (χ3n) is 3.35. The second-order valence-electron chi connectivity index (χ2n) is 4.38. The average molecular weight is 185 g/mol. The van der Waals surface area contributed by atoms with Crippen LogP contribution in [0.3, 0.4) is 0 Å². The molecular formula is C13H15N. The Morgan fingerprint density at radius 3 is 2.14 bits per heavy atom. The number of aryl methyl sites for hydroxylation is 2. The Bertz CT molecular complexity index is 445. The fraction of sp³-hybridized carbons (Fsp3) is 0.462. The van der Waals surface area contributed by atoms with Gasteiger partial charge >= 0.3 is 0 Å². The van der Waals surface area contributed by atoms with Gasteiger partial charge in [-0.15, -0.1) is 0 Å². The van der Waals surface area contributed by atoms with Gasteiger partial charge in [0, 0.05) is 12.8 Å². The molecule has 0 unspecified atom stereocenters. The van der Waals surface area contributed by atoms with Crippen molar-refractivity contribution < 1.29 is 0 Å². The molecule has 3 rings (SSSR count). The highest BCUT2D eigenvalue weighted by molar-refractivity contribution is 5.28. The van der Waals surface area contributed by atoms with Crippen LogP contribution in [-0.4, -0.2) is 13.1 Å². The molecule has 1 nitrogen and oxygen atoms in total. The molecule has 1 heteroatoms. The Balaban J connectivity index is 2.43. The Hall–Kier alpha value is -1.11. The van der Waals surface area contributed by atoms with E-state index in [1.165, 1.54) is 55.3 Å². The monoisotopic (exact) mass is 185 g/mol. The molecule has 72 valence electrons. The molecule has 0 spiro atoms. The average Bonchev–Trinajstić information content (AvgIpc) is 2.18. The van der Waals surface area contributed by atoms with E-state index in [2.05, 4.69) is 16.7 Å². The third kappa shape index (κ3) is 1.12. The highest BCUT2D eigenvalue weighted by Crippen LogP contribution is 2.08. The topological polar surface area (TPSA) is 3.01 Å². The van der Waals surface area contributed by atoms with E-state index >= 15 is 0 Å². The minimum Gasteiger partial charge on any atom is -0.231 e. The van der Waals surface area contributed by atoms with Crippen molar-refractivity contribution in [3.05, 3.63) is 33.8 Å². The molecular weight excluding hydrogens is 170 g/mol. The molecule has 1 aromatic carbocycles. The summed E-state index contributed by atoms with van der Waals surface area (Å²) in [5.41, 5.74) is 2.96. The van der Waals surface area contributed by atoms with Crippen LogP contribution in [0, 0.1) is 0 Å². The molecule has 0 aromatic heterocycles. The number of nitrogens with zero attached hydrogens (tertiary/aromatic N) is 1. The smallest absolute Gasteiger partial charge is 0.181 e. The Morgan fingerprint density at radius 2 is 1.57 bits per heavy atom. The van der Waals surface area contributed by atoms with Gasteiger partial charge in [0.2, 0.25) is 0 Å². The molecule has 0 saturated carbocycles. The zero-order chi connectivity index (χ0) is 9.54. The summed E-state index contributed by atoms with van der Waals surface area (Å²) in [4.78, 5) is 0. The molecule has 0 atom stereocenters. The molecule has 14 heavy (non-hydrogen) atoms. The summed E-state index contributed by atoms with van der Waals surface area (Å²) < 4.78 is 2.54. The van der Waals surface area contributed by atoms with Crippen LogP contribution in [0.25, 0.3) is 6.58 Å². The molecule has 0 amide bonds. The van der Waals surface area contributed by atoms with Gasteiger partial charge in [0.05, 0.1) is 0 Å². The minimum atomic E-state index is 0.947. The lowest BCUT2D eigenvalue weighted by Crippen LogP contribution is -2.44. The van der Waals surface area contributed by atoms with E-state index in [0.717, 1.165) is 5.22 Å². The summed E-state index contributed by atoms with van der Waals surface area (Å²) in [7, 11) is 0. The van der Waals surface area contributed by atoms with Crippen LogP contribution in [0.4, 0.5) is 0 Å². The second kappa shape index (κ2) is 2.94. The highest BCUT2D eigenvalue weighted by atomic mass is 15.0. The lowest BCUT2D eigenvalue weighted by atomic mass is 9.95. The van der Waals surface area contributed by atoms with E-state index in [1.807, 2.05) is 0 Å². The zero-order valence-corrected chi connectivity index (χ0v) is 8.42. The molecule has 1 aromatic rings. The summed E-state index contributed by atoms with van der Waals surface area (Å²) >= 11 is 0. The number of rotatable bonds is 0. The molecule has 2 aliphatic rings. The third-order valence-corrected chi connectivity index (χ3v) is 3.35. The van der Waals surface area contributed by atoms with Gasteiger partial charge in [-0.3, -0.25) is 0 Å². The SMILES string of the molecule is [CH-]=c1cc2c3c(c1)CCC[N+]=3CCC2. The summed E-state index contributed by atoms with van der Waals surface area (Å²) in [6, 6.07) is 4.33. The van der Waals surface area contributed by atoms with Crippen LogP contribution in [0.1, 0.15) is 24.0 Å². The van der Waals surface area contributed by atoms with Crippen molar-refractivity contribution >= 4 is 6.58 Å². The van der Waals surface area contributed by atoms with E-state index in [0.29, 0.717) is 0 Å². The molecule has 2 heterocycles. The van der Waals surface area contributed by atoms with Gasteiger partial charge in [-0.05, 0) is 24.0 Å². The number of hydrogen-bond acceptors (Lipinski definition) is 0. The van der Waals surface area contributed by atoms with Crippen LogP contribution in [0.5, 0.6) is 0 Å². The van der Waals surface area contributed by atoms with Crippen molar-refractivity contribution in [2.45, 2.75) is 25.7 Å². The maximum absolute atomic E-state index is 5.91. The van der Waals surface area contributed by atoms with E-state index in [-0.39, 0.29) is 0 Å².